The molecule has 0 bridgehead atoms. The molecular weight excluding hydrogens is 288 g/mol. The van der Waals surface area contributed by atoms with Crippen molar-refractivity contribution >= 4 is 11.4 Å². The second kappa shape index (κ2) is 5.99. The highest BCUT2D eigenvalue weighted by Gasteiger charge is 2.42. The van der Waals surface area contributed by atoms with E-state index in [9.17, 15) is 17.6 Å². The van der Waals surface area contributed by atoms with Crippen molar-refractivity contribution in [3.05, 3.63) is 17.9 Å². The first-order valence-corrected chi connectivity index (χ1v) is 6.86. The summed E-state index contributed by atoms with van der Waals surface area (Å²) in [6.07, 6.45) is -3.69. The first-order valence-electron chi connectivity index (χ1n) is 6.86. The molecular formula is C14H18F4N2O. The second-order valence-corrected chi connectivity index (χ2v) is 5.10. The molecule has 118 valence electrons. The zero-order valence-corrected chi connectivity index (χ0v) is 11.7. The summed E-state index contributed by atoms with van der Waals surface area (Å²) in [5.41, 5.74) is 6.27. The van der Waals surface area contributed by atoms with E-state index in [0.717, 1.165) is 6.07 Å². The molecule has 1 atom stereocenters. The lowest BCUT2D eigenvalue weighted by molar-refractivity contribution is -0.175. The number of ether oxygens (including phenoxy) is 1. The number of hydrogen-bond donors (Lipinski definition) is 1. The van der Waals surface area contributed by atoms with Crippen LogP contribution in [0, 0.1) is 11.7 Å². The summed E-state index contributed by atoms with van der Waals surface area (Å²) in [4.78, 5) is 1.55. The summed E-state index contributed by atoms with van der Waals surface area (Å²) in [5, 5.41) is 0. The smallest absolute Gasteiger partial charge is 0.393 e. The van der Waals surface area contributed by atoms with Crippen LogP contribution in [-0.2, 0) is 0 Å². The lowest BCUT2D eigenvalue weighted by Crippen LogP contribution is -2.42. The second-order valence-electron chi connectivity index (χ2n) is 5.10. The maximum absolute atomic E-state index is 13.6. The van der Waals surface area contributed by atoms with Gasteiger partial charge in [0.05, 0.1) is 23.9 Å². The zero-order chi connectivity index (χ0) is 15.6. The number of rotatable bonds is 3. The number of hydrogen-bond acceptors (Lipinski definition) is 3. The van der Waals surface area contributed by atoms with Crippen LogP contribution in [0.4, 0.5) is 28.9 Å². The van der Waals surface area contributed by atoms with E-state index in [1.165, 1.54) is 6.07 Å². The molecule has 1 aromatic rings. The van der Waals surface area contributed by atoms with Crippen molar-refractivity contribution < 1.29 is 22.3 Å². The molecule has 0 radical (unpaired) electrons. The van der Waals surface area contributed by atoms with Gasteiger partial charge < -0.3 is 15.4 Å². The monoisotopic (exact) mass is 306 g/mol. The molecule has 0 saturated carbocycles. The van der Waals surface area contributed by atoms with Gasteiger partial charge in [-0.25, -0.2) is 4.39 Å². The minimum absolute atomic E-state index is 0.0100. The van der Waals surface area contributed by atoms with Crippen LogP contribution in [0.3, 0.4) is 0 Å². The Kier molecular flexibility index (Phi) is 4.49. The maximum atomic E-state index is 13.6. The molecule has 1 aliphatic rings. The van der Waals surface area contributed by atoms with Gasteiger partial charge in [-0.15, -0.1) is 0 Å². The Hall–Kier alpha value is -1.66. The van der Waals surface area contributed by atoms with Crippen molar-refractivity contribution in [1.29, 1.82) is 0 Å². The largest absolute Gasteiger partial charge is 0.491 e. The third-order valence-corrected chi connectivity index (χ3v) is 3.61. The molecule has 0 aliphatic carbocycles. The summed E-state index contributed by atoms with van der Waals surface area (Å²) >= 11 is 0. The Morgan fingerprint density at radius 2 is 2.10 bits per heavy atom. The van der Waals surface area contributed by atoms with Crippen LogP contribution in [-0.4, -0.2) is 25.9 Å². The first kappa shape index (κ1) is 15.7. The van der Waals surface area contributed by atoms with Crippen molar-refractivity contribution in [1.82, 2.24) is 0 Å². The van der Waals surface area contributed by atoms with E-state index in [2.05, 4.69) is 0 Å². The van der Waals surface area contributed by atoms with Crippen LogP contribution < -0.4 is 15.4 Å². The minimum atomic E-state index is -4.23. The van der Waals surface area contributed by atoms with Crippen LogP contribution in [0.5, 0.6) is 5.75 Å². The van der Waals surface area contributed by atoms with Gasteiger partial charge in [0, 0.05) is 25.2 Å². The van der Waals surface area contributed by atoms with E-state index < -0.39 is 17.9 Å². The van der Waals surface area contributed by atoms with Gasteiger partial charge in [-0.2, -0.15) is 13.2 Å². The number of halogens is 4. The molecule has 3 nitrogen and oxygen atoms in total. The van der Waals surface area contributed by atoms with Crippen molar-refractivity contribution in [2.24, 2.45) is 5.92 Å². The third kappa shape index (κ3) is 3.51. The molecule has 2 N–H and O–H groups in total. The van der Waals surface area contributed by atoms with Crippen LogP contribution in [0.2, 0.25) is 0 Å². The average Bonchev–Trinajstić information content (AvgIpc) is 2.41. The van der Waals surface area contributed by atoms with Gasteiger partial charge in [0.1, 0.15) is 0 Å². The van der Waals surface area contributed by atoms with Gasteiger partial charge in [0.25, 0.3) is 0 Å². The third-order valence-electron chi connectivity index (χ3n) is 3.61. The van der Waals surface area contributed by atoms with Gasteiger partial charge >= 0.3 is 6.18 Å². The summed E-state index contributed by atoms with van der Waals surface area (Å²) < 4.78 is 57.3. The normalized spacial score (nSPS) is 19.7. The van der Waals surface area contributed by atoms with Gasteiger partial charge in [0.2, 0.25) is 0 Å². The molecule has 1 aromatic carbocycles. The van der Waals surface area contributed by atoms with Gasteiger partial charge in [-0.05, 0) is 19.8 Å². The van der Waals surface area contributed by atoms with Crippen molar-refractivity contribution in [2.75, 3.05) is 30.3 Å². The SMILES string of the molecule is CCOc1cc(N2CCCC(C(F)(F)F)C2)c(N)cc1F. The summed E-state index contributed by atoms with van der Waals surface area (Å²) in [6, 6.07) is 2.48. The molecule has 2 rings (SSSR count). The van der Waals surface area contributed by atoms with Crippen molar-refractivity contribution in [2.45, 2.75) is 25.9 Å². The standard InChI is InChI=1S/C14H18F4N2O/c1-2-21-13-7-12(11(19)6-10(13)15)20-5-3-4-9(8-20)14(16,17)18/h6-7,9H,2-5,8,19H2,1H3. The number of anilines is 2. The minimum Gasteiger partial charge on any atom is -0.491 e. The zero-order valence-electron chi connectivity index (χ0n) is 11.7. The van der Waals surface area contributed by atoms with Gasteiger partial charge in [-0.3, -0.25) is 0 Å². The average molecular weight is 306 g/mol. The Morgan fingerprint density at radius 1 is 1.38 bits per heavy atom. The molecule has 21 heavy (non-hydrogen) atoms. The topological polar surface area (TPSA) is 38.5 Å². The maximum Gasteiger partial charge on any atom is 0.393 e. The Balaban J connectivity index is 2.26. The Bertz CT molecular complexity index is 504. The lowest BCUT2D eigenvalue weighted by atomic mass is 9.97. The molecule has 1 saturated heterocycles. The van der Waals surface area contributed by atoms with Crippen molar-refractivity contribution in [3.8, 4) is 5.75 Å². The molecule has 1 fully saturated rings. The highest BCUT2D eigenvalue weighted by molar-refractivity contribution is 5.70. The lowest BCUT2D eigenvalue weighted by Gasteiger charge is -2.36. The Labute approximate surface area is 120 Å². The molecule has 0 amide bonds. The van der Waals surface area contributed by atoms with E-state index in [0.29, 0.717) is 18.7 Å². The summed E-state index contributed by atoms with van der Waals surface area (Å²) in [7, 11) is 0. The number of alkyl halides is 3. The molecule has 1 heterocycles. The van der Waals surface area contributed by atoms with Crippen LogP contribution in [0.25, 0.3) is 0 Å². The van der Waals surface area contributed by atoms with E-state index in [1.54, 1.807) is 11.8 Å². The first-order chi connectivity index (χ1) is 9.82. The number of nitrogens with two attached hydrogens (primary N) is 1. The molecule has 1 unspecified atom stereocenters. The fraction of sp³-hybridized carbons (Fsp3) is 0.571. The predicted molar refractivity (Wildman–Crippen MR) is 73.0 cm³/mol. The van der Waals surface area contributed by atoms with E-state index in [4.69, 9.17) is 10.5 Å². The molecule has 0 spiro atoms. The van der Waals surface area contributed by atoms with Crippen LogP contribution in [0.15, 0.2) is 12.1 Å². The highest BCUT2D eigenvalue weighted by Crippen LogP contribution is 2.38. The number of benzene rings is 1. The van der Waals surface area contributed by atoms with Gasteiger partial charge in [-0.1, -0.05) is 0 Å². The van der Waals surface area contributed by atoms with Gasteiger partial charge in [0.15, 0.2) is 11.6 Å². The fourth-order valence-corrected chi connectivity index (χ4v) is 2.56. The molecule has 7 heteroatoms. The van der Waals surface area contributed by atoms with E-state index in [1.807, 2.05) is 0 Å². The Morgan fingerprint density at radius 3 is 2.71 bits per heavy atom. The number of nitrogens with zero attached hydrogens (tertiary/aromatic N) is 1. The highest BCUT2D eigenvalue weighted by atomic mass is 19.4. The summed E-state index contributed by atoms with van der Waals surface area (Å²) in [6.45, 7) is 2.28. The molecule has 0 aromatic heterocycles. The van der Waals surface area contributed by atoms with Crippen LogP contribution >= 0.6 is 0 Å². The summed E-state index contributed by atoms with van der Waals surface area (Å²) in [5.74, 6) is -1.98. The predicted octanol–water partition coefficient (Wildman–Crippen LogP) is 3.59. The van der Waals surface area contributed by atoms with Crippen molar-refractivity contribution in [3.63, 3.8) is 0 Å². The molecule has 1 aliphatic heterocycles. The number of piperidine rings is 1. The number of nitrogen functional groups attached to an aromatic ring is 1. The quantitative estimate of drug-likeness (QED) is 0.685. The van der Waals surface area contributed by atoms with E-state index >= 15 is 0 Å². The van der Waals surface area contributed by atoms with E-state index in [-0.39, 0.29) is 31.0 Å². The fourth-order valence-electron chi connectivity index (χ4n) is 2.56. The van der Waals surface area contributed by atoms with Crippen LogP contribution in [0.1, 0.15) is 19.8 Å².